The van der Waals surface area contributed by atoms with Gasteiger partial charge in [-0.05, 0) is 42.8 Å². The molecule has 140 valence electrons. The van der Waals surface area contributed by atoms with Crippen LogP contribution in [0.1, 0.15) is 11.3 Å². The number of nitrogens with zero attached hydrogens (tertiary/aromatic N) is 2. The Labute approximate surface area is 169 Å². The first-order valence-electron chi connectivity index (χ1n) is 8.02. The number of carbonyl (C=O) groups is 1. The molecule has 4 nitrogen and oxygen atoms in total. The molecular formula is C19H16Cl2FN3OS. The van der Waals surface area contributed by atoms with E-state index < -0.39 is 5.82 Å². The highest BCUT2D eigenvalue weighted by atomic mass is 35.5. The molecule has 0 aliphatic heterocycles. The van der Waals surface area contributed by atoms with Crippen LogP contribution in [0.15, 0.2) is 46.8 Å². The average Bonchev–Trinajstić information content (AvgIpc) is 2.94. The first-order valence-corrected chi connectivity index (χ1v) is 9.66. The van der Waals surface area contributed by atoms with E-state index >= 15 is 0 Å². The number of rotatable bonds is 4. The lowest BCUT2D eigenvalue weighted by Gasteiger charge is -2.08. The SMILES string of the molecule is Cc1ccc(NC(=O)Cc2csc(=Nc3ccc(F)c(Cl)c3)n2C)c(Cl)c1. The fraction of sp³-hybridized carbons (Fsp3) is 0.158. The van der Waals surface area contributed by atoms with Gasteiger partial charge in [-0.3, -0.25) is 4.79 Å². The normalized spacial score (nSPS) is 11.7. The third kappa shape index (κ3) is 4.77. The molecule has 0 spiro atoms. The van der Waals surface area contributed by atoms with Gasteiger partial charge in [-0.1, -0.05) is 29.3 Å². The van der Waals surface area contributed by atoms with Gasteiger partial charge in [0.15, 0.2) is 4.80 Å². The number of aromatic nitrogens is 1. The number of halogens is 3. The molecule has 0 aliphatic rings. The largest absolute Gasteiger partial charge is 0.324 e. The van der Waals surface area contributed by atoms with Crippen LogP contribution in [0.5, 0.6) is 0 Å². The first kappa shape index (κ1) is 19.6. The van der Waals surface area contributed by atoms with Crippen LogP contribution in [0.4, 0.5) is 15.8 Å². The van der Waals surface area contributed by atoms with Crippen LogP contribution in [0, 0.1) is 12.7 Å². The van der Waals surface area contributed by atoms with Crippen molar-refractivity contribution in [3.8, 4) is 0 Å². The van der Waals surface area contributed by atoms with Crippen LogP contribution < -0.4 is 10.1 Å². The summed E-state index contributed by atoms with van der Waals surface area (Å²) >= 11 is 13.3. The molecule has 1 heterocycles. The van der Waals surface area contributed by atoms with E-state index in [-0.39, 0.29) is 17.4 Å². The van der Waals surface area contributed by atoms with Crippen LogP contribution in [-0.2, 0) is 18.3 Å². The molecule has 1 N–H and O–H groups in total. The number of nitrogens with one attached hydrogen (secondary N) is 1. The number of benzene rings is 2. The fourth-order valence-electron chi connectivity index (χ4n) is 2.41. The average molecular weight is 424 g/mol. The zero-order valence-electron chi connectivity index (χ0n) is 14.6. The molecule has 3 aromatic rings. The van der Waals surface area contributed by atoms with Crippen molar-refractivity contribution in [2.45, 2.75) is 13.3 Å². The maximum Gasteiger partial charge on any atom is 0.230 e. The molecule has 1 amide bonds. The van der Waals surface area contributed by atoms with Crippen molar-refractivity contribution < 1.29 is 9.18 Å². The van der Waals surface area contributed by atoms with Crippen molar-refractivity contribution in [1.82, 2.24) is 4.57 Å². The van der Waals surface area contributed by atoms with Crippen molar-refractivity contribution >= 4 is 51.8 Å². The zero-order valence-corrected chi connectivity index (χ0v) is 16.9. The fourth-order valence-corrected chi connectivity index (χ4v) is 3.78. The van der Waals surface area contributed by atoms with Gasteiger partial charge >= 0.3 is 0 Å². The lowest BCUT2D eigenvalue weighted by Crippen LogP contribution is -2.19. The molecule has 0 aliphatic carbocycles. The molecule has 1 aromatic heterocycles. The molecule has 8 heteroatoms. The summed E-state index contributed by atoms with van der Waals surface area (Å²) in [6.07, 6.45) is 0.177. The van der Waals surface area contributed by atoms with Crippen LogP contribution >= 0.6 is 34.5 Å². The second-order valence-electron chi connectivity index (χ2n) is 5.99. The summed E-state index contributed by atoms with van der Waals surface area (Å²) in [5.74, 6) is -0.663. The Morgan fingerprint density at radius 3 is 2.70 bits per heavy atom. The second kappa shape index (κ2) is 8.25. The van der Waals surface area contributed by atoms with E-state index in [1.165, 1.54) is 23.5 Å². The molecule has 0 bridgehead atoms. The molecule has 27 heavy (non-hydrogen) atoms. The van der Waals surface area contributed by atoms with E-state index in [1.807, 2.05) is 30.0 Å². The zero-order chi connectivity index (χ0) is 19.6. The van der Waals surface area contributed by atoms with Gasteiger partial charge in [0.1, 0.15) is 5.82 Å². The van der Waals surface area contributed by atoms with Crippen molar-refractivity contribution in [2.24, 2.45) is 12.0 Å². The number of amides is 1. The summed E-state index contributed by atoms with van der Waals surface area (Å²) in [7, 11) is 1.82. The number of thiazole rings is 1. The third-order valence-electron chi connectivity index (χ3n) is 3.89. The lowest BCUT2D eigenvalue weighted by atomic mass is 10.2. The van der Waals surface area contributed by atoms with Gasteiger partial charge in [-0.25, -0.2) is 9.38 Å². The van der Waals surface area contributed by atoms with Gasteiger partial charge in [0, 0.05) is 18.1 Å². The van der Waals surface area contributed by atoms with E-state index in [9.17, 15) is 9.18 Å². The Balaban J connectivity index is 1.77. The standard InChI is InChI=1S/C19H16Cl2FN3OS/c1-11-3-6-17(15(21)7-11)24-18(26)9-13-10-27-19(25(13)2)23-12-4-5-16(22)14(20)8-12/h3-8,10H,9H2,1-2H3,(H,24,26). The molecule has 0 saturated carbocycles. The van der Waals surface area contributed by atoms with E-state index in [2.05, 4.69) is 10.3 Å². The number of carbonyl (C=O) groups excluding carboxylic acids is 1. The summed E-state index contributed by atoms with van der Waals surface area (Å²) in [5, 5.41) is 5.20. The molecule has 0 unspecified atom stereocenters. The second-order valence-corrected chi connectivity index (χ2v) is 7.64. The van der Waals surface area contributed by atoms with Gasteiger partial charge in [-0.2, -0.15) is 0 Å². The quantitative estimate of drug-likeness (QED) is 0.611. The number of hydrogen-bond donors (Lipinski definition) is 1. The molecule has 0 radical (unpaired) electrons. The first-order chi connectivity index (χ1) is 12.8. The molecule has 0 atom stereocenters. The van der Waals surface area contributed by atoms with Crippen molar-refractivity contribution in [3.63, 3.8) is 0 Å². The molecule has 3 rings (SSSR count). The minimum absolute atomic E-state index is 0.0186. The highest BCUT2D eigenvalue weighted by Crippen LogP contribution is 2.23. The minimum Gasteiger partial charge on any atom is -0.324 e. The highest BCUT2D eigenvalue weighted by Gasteiger charge is 2.10. The summed E-state index contributed by atoms with van der Waals surface area (Å²) in [6.45, 7) is 1.93. The van der Waals surface area contributed by atoms with E-state index in [0.717, 1.165) is 11.3 Å². The maximum atomic E-state index is 13.3. The predicted molar refractivity (Wildman–Crippen MR) is 108 cm³/mol. The third-order valence-corrected chi connectivity index (χ3v) is 5.45. The van der Waals surface area contributed by atoms with Crippen molar-refractivity contribution in [3.05, 3.63) is 73.7 Å². The summed E-state index contributed by atoms with van der Waals surface area (Å²) in [5.41, 5.74) is 2.94. The van der Waals surface area contributed by atoms with Crippen LogP contribution in [0.25, 0.3) is 0 Å². The van der Waals surface area contributed by atoms with Crippen LogP contribution in [0.3, 0.4) is 0 Å². The van der Waals surface area contributed by atoms with Gasteiger partial charge in [0.2, 0.25) is 5.91 Å². The lowest BCUT2D eigenvalue weighted by molar-refractivity contribution is -0.115. The van der Waals surface area contributed by atoms with Gasteiger partial charge in [0.05, 0.1) is 27.8 Å². The number of hydrogen-bond acceptors (Lipinski definition) is 3. The Bertz CT molecular complexity index is 1080. The monoisotopic (exact) mass is 423 g/mol. The summed E-state index contributed by atoms with van der Waals surface area (Å²) in [4.78, 5) is 17.5. The Morgan fingerprint density at radius 2 is 2.00 bits per heavy atom. The van der Waals surface area contributed by atoms with Crippen LogP contribution in [0.2, 0.25) is 10.0 Å². The van der Waals surface area contributed by atoms with Gasteiger partial charge in [-0.15, -0.1) is 11.3 Å². The van der Waals surface area contributed by atoms with Crippen LogP contribution in [-0.4, -0.2) is 10.5 Å². The Kier molecular flexibility index (Phi) is 5.99. The minimum atomic E-state index is -0.488. The number of aryl methyl sites for hydroxylation is 1. The topological polar surface area (TPSA) is 46.4 Å². The molecular weight excluding hydrogens is 408 g/mol. The van der Waals surface area contributed by atoms with Crippen molar-refractivity contribution in [2.75, 3.05) is 5.32 Å². The summed E-state index contributed by atoms with van der Waals surface area (Å²) in [6, 6.07) is 9.75. The van der Waals surface area contributed by atoms with Gasteiger partial charge in [0.25, 0.3) is 0 Å². The summed E-state index contributed by atoms with van der Waals surface area (Å²) < 4.78 is 15.1. The molecule has 2 aromatic carbocycles. The molecule has 0 fully saturated rings. The Hall–Kier alpha value is -2.15. The van der Waals surface area contributed by atoms with Gasteiger partial charge < -0.3 is 9.88 Å². The number of anilines is 1. The molecule has 0 saturated heterocycles. The maximum absolute atomic E-state index is 13.3. The van der Waals surface area contributed by atoms with Crippen molar-refractivity contribution in [1.29, 1.82) is 0 Å². The Morgan fingerprint density at radius 1 is 1.22 bits per heavy atom. The van der Waals surface area contributed by atoms with E-state index in [0.29, 0.717) is 21.2 Å². The smallest absolute Gasteiger partial charge is 0.230 e. The predicted octanol–water partition coefficient (Wildman–Crippen LogP) is 5.25. The van der Waals surface area contributed by atoms with E-state index in [4.69, 9.17) is 23.2 Å². The highest BCUT2D eigenvalue weighted by molar-refractivity contribution is 7.07. The van der Waals surface area contributed by atoms with E-state index in [1.54, 1.807) is 18.2 Å².